The van der Waals surface area contributed by atoms with Crippen molar-refractivity contribution in [3.8, 4) is 18.0 Å². The predicted octanol–water partition coefficient (Wildman–Crippen LogP) is 1.64. The van der Waals surface area contributed by atoms with Crippen LogP contribution in [0.1, 0.15) is 0 Å². The van der Waals surface area contributed by atoms with Gasteiger partial charge in [0.1, 0.15) is 5.02 Å². The Morgan fingerprint density at radius 1 is 1.17 bits per heavy atom. The van der Waals surface area contributed by atoms with Gasteiger partial charge in [-0.05, 0) is 12.1 Å². The van der Waals surface area contributed by atoms with Gasteiger partial charge in [0.05, 0.1) is 24.1 Å². The fourth-order valence-electron chi connectivity index (χ4n) is 2.67. The highest BCUT2D eigenvalue weighted by Gasteiger charge is 2.21. The molecule has 5 nitrogen and oxygen atoms in total. The van der Waals surface area contributed by atoms with E-state index < -0.39 is 0 Å². The van der Waals surface area contributed by atoms with Crippen LogP contribution in [0.5, 0.6) is 0 Å². The Balaban J connectivity index is 1.85. The second kappa shape index (κ2) is 6.86. The van der Waals surface area contributed by atoms with E-state index in [0.29, 0.717) is 17.9 Å². The van der Waals surface area contributed by atoms with E-state index in [1.807, 2.05) is 30.3 Å². The Hall–Kier alpha value is -2.29. The van der Waals surface area contributed by atoms with Gasteiger partial charge in [0.2, 0.25) is 0 Å². The van der Waals surface area contributed by atoms with Crippen molar-refractivity contribution in [2.45, 2.75) is 0 Å². The van der Waals surface area contributed by atoms with Gasteiger partial charge in [-0.1, -0.05) is 35.7 Å². The van der Waals surface area contributed by atoms with Gasteiger partial charge in [-0.3, -0.25) is 9.69 Å². The smallest absolute Gasteiger partial charge is 0.292 e. The average Bonchev–Trinajstić information content (AvgIpc) is 2.59. The predicted molar refractivity (Wildman–Crippen MR) is 92.3 cm³/mol. The lowest BCUT2D eigenvalue weighted by atomic mass is 10.2. The summed E-state index contributed by atoms with van der Waals surface area (Å²) in [5.41, 5.74) is 1.08. The highest BCUT2D eigenvalue weighted by molar-refractivity contribution is 6.33. The van der Waals surface area contributed by atoms with Crippen molar-refractivity contribution < 1.29 is 0 Å². The summed E-state index contributed by atoms with van der Waals surface area (Å²) in [6.45, 7) is 3.90. The third-order valence-electron chi connectivity index (χ3n) is 3.93. The topological polar surface area (TPSA) is 41.4 Å². The number of aromatic nitrogens is 2. The standard InChI is InChI=1S/C17H17ClN4O/c1-2-8-20-9-11-21(12-10-20)15-13-19-22(17(23)16(15)18)14-6-4-3-5-7-14/h1,3-7,13H,8-12H2. The second-order valence-corrected chi connectivity index (χ2v) is 5.74. The third-order valence-corrected chi connectivity index (χ3v) is 4.28. The van der Waals surface area contributed by atoms with Crippen LogP contribution in [0.2, 0.25) is 5.02 Å². The van der Waals surface area contributed by atoms with E-state index in [4.69, 9.17) is 18.0 Å². The number of para-hydroxylation sites is 1. The van der Waals surface area contributed by atoms with E-state index in [1.165, 1.54) is 4.68 Å². The number of rotatable bonds is 3. The molecule has 1 aromatic carbocycles. The molecule has 0 saturated carbocycles. The lowest BCUT2D eigenvalue weighted by molar-refractivity contribution is 0.288. The Labute approximate surface area is 140 Å². The first kappa shape index (κ1) is 15.6. The zero-order chi connectivity index (χ0) is 16.2. The number of nitrogens with zero attached hydrogens (tertiary/aromatic N) is 4. The molecule has 1 aromatic heterocycles. The molecule has 0 radical (unpaired) electrons. The van der Waals surface area contributed by atoms with Crippen molar-refractivity contribution in [3.63, 3.8) is 0 Å². The first-order valence-electron chi connectivity index (χ1n) is 7.44. The largest absolute Gasteiger partial charge is 0.366 e. The Morgan fingerprint density at radius 2 is 1.87 bits per heavy atom. The molecule has 3 rings (SSSR count). The van der Waals surface area contributed by atoms with E-state index in [1.54, 1.807) is 6.20 Å². The van der Waals surface area contributed by atoms with E-state index in [9.17, 15) is 4.79 Å². The quantitative estimate of drug-likeness (QED) is 0.803. The lowest BCUT2D eigenvalue weighted by Gasteiger charge is -2.35. The average molecular weight is 329 g/mol. The Morgan fingerprint density at radius 3 is 2.52 bits per heavy atom. The molecule has 118 valence electrons. The van der Waals surface area contributed by atoms with Gasteiger partial charge in [-0.15, -0.1) is 6.42 Å². The minimum absolute atomic E-state index is 0.203. The summed E-state index contributed by atoms with van der Waals surface area (Å²) in [6, 6.07) is 9.25. The normalized spacial score (nSPS) is 15.4. The molecule has 0 bridgehead atoms. The van der Waals surface area contributed by atoms with Gasteiger partial charge in [0.25, 0.3) is 5.56 Å². The van der Waals surface area contributed by atoms with E-state index >= 15 is 0 Å². The van der Waals surface area contributed by atoms with Crippen LogP contribution in [0, 0.1) is 12.3 Å². The summed E-state index contributed by atoms with van der Waals surface area (Å²) in [4.78, 5) is 16.8. The molecule has 1 fully saturated rings. The van der Waals surface area contributed by atoms with Crippen LogP contribution < -0.4 is 10.5 Å². The fourth-order valence-corrected chi connectivity index (χ4v) is 2.92. The molecule has 0 N–H and O–H groups in total. The van der Waals surface area contributed by atoms with Crippen LogP contribution in [-0.2, 0) is 0 Å². The number of terminal acetylenes is 1. The Kier molecular flexibility index (Phi) is 4.65. The molecule has 0 spiro atoms. The third kappa shape index (κ3) is 3.24. The molecular formula is C17H17ClN4O. The number of benzene rings is 1. The molecule has 1 aliphatic heterocycles. The van der Waals surface area contributed by atoms with Crippen LogP contribution in [0.4, 0.5) is 5.69 Å². The summed E-state index contributed by atoms with van der Waals surface area (Å²) in [7, 11) is 0. The highest BCUT2D eigenvalue weighted by Crippen LogP contribution is 2.22. The van der Waals surface area contributed by atoms with Crippen molar-refractivity contribution in [3.05, 3.63) is 51.9 Å². The summed E-state index contributed by atoms with van der Waals surface area (Å²) < 4.78 is 1.32. The molecule has 0 amide bonds. The van der Waals surface area contributed by atoms with Crippen LogP contribution >= 0.6 is 11.6 Å². The highest BCUT2D eigenvalue weighted by atomic mass is 35.5. The molecule has 0 atom stereocenters. The van der Waals surface area contributed by atoms with Crippen molar-refractivity contribution in [2.24, 2.45) is 0 Å². The van der Waals surface area contributed by atoms with Gasteiger partial charge >= 0.3 is 0 Å². The monoisotopic (exact) mass is 328 g/mol. The van der Waals surface area contributed by atoms with Gasteiger partial charge in [0.15, 0.2) is 0 Å². The molecular weight excluding hydrogens is 312 g/mol. The van der Waals surface area contributed by atoms with Crippen LogP contribution in [0.25, 0.3) is 5.69 Å². The van der Waals surface area contributed by atoms with Gasteiger partial charge < -0.3 is 4.90 Å². The lowest BCUT2D eigenvalue weighted by Crippen LogP contribution is -2.47. The summed E-state index contributed by atoms with van der Waals surface area (Å²) in [6.07, 6.45) is 7.00. The maximum atomic E-state index is 12.5. The zero-order valence-electron chi connectivity index (χ0n) is 12.7. The molecule has 23 heavy (non-hydrogen) atoms. The van der Waals surface area contributed by atoms with Crippen molar-refractivity contribution >= 4 is 17.3 Å². The van der Waals surface area contributed by atoms with Crippen LogP contribution in [-0.4, -0.2) is 47.4 Å². The molecule has 2 aromatic rings. The van der Waals surface area contributed by atoms with Crippen molar-refractivity contribution in [1.82, 2.24) is 14.7 Å². The maximum Gasteiger partial charge on any atom is 0.292 e. The molecule has 0 unspecified atom stereocenters. The van der Waals surface area contributed by atoms with E-state index in [2.05, 4.69) is 20.8 Å². The molecule has 1 saturated heterocycles. The summed E-state index contributed by atoms with van der Waals surface area (Å²) in [5, 5.41) is 4.47. The number of anilines is 1. The van der Waals surface area contributed by atoms with Gasteiger partial charge in [0, 0.05) is 26.2 Å². The van der Waals surface area contributed by atoms with Crippen LogP contribution in [0.3, 0.4) is 0 Å². The second-order valence-electron chi connectivity index (χ2n) is 5.36. The number of piperazine rings is 1. The molecule has 6 heteroatoms. The maximum absolute atomic E-state index is 12.5. The zero-order valence-corrected chi connectivity index (χ0v) is 13.4. The molecule has 2 heterocycles. The van der Waals surface area contributed by atoms with Gasteiger partial charge in [-0.25, -0.2) is 0 Å². The van der Waals surface area contributed by atoms with E-state index in [0.717, 1.165) is 26.2 Å². The van der Waals surface area contributed by atoms with Gasteiger partial charge in [-0.2, -0.15) is 9.78 Å². The van der Waals surface area contributed by atoms with Crippen LogP contribution in [0.15, 0.2) is 41.3 Å². The Bertz CT molecular complexity index is 773. The molecule has 1 aliphatic rings. The first-order valence-corrected chi connectivity index (χ1v) is 7.82. The molecule has 0 aliphatic carbocycles. The number of hydrogen-bond donors (Lipinski definition) is 0. The number of halogens is 1. The minimum Gasteiger partial charge on any atom is -0.366 e. The van der Waals surface area contributed by atoms with Crippen molar-refractivity contribution in [2.75, 3.05) is 37.6 Å². The summed E-state index contributed by atoms with van der Waals surface area (Å²) in [5.74, 6) is 2.65. The number of hydrogen-bond acceptors (Lipinski definition) is 4. The fraction of sp³-hybridized carbons (Fsp3) is 0.294. The van der Waals surface area contributed by atoms with E-state index in [-0.39, 0.29) is 10.6 Å². The summed E-state index contributed by atoms with van der Waals surface area (Å²) >= 11 is 6.32. The first-order chi connectivity index (χ1) is 11.2. The minimum atomic E-state index is -0.304. The van der Waals surface area contributed by atoms with Crippen molar-refractivity contribution in [1.29, 1.82) is 0 Å². The SMILES string of the molecule is C#CCN1CCN(c2cnn(-c3ccccc3)c(=O)c2Cl)CC1.